The van der Waals surface area contributed by atoms with Gasteiger partial charge in [-0.15, -0.1) is 11.3 Å². The summed E-state index contributed by atoms with van der Waals surface area (Å²) in [6.07, 6.45) is 1.74. The normalized spacial score (nSPS) is 11.4. The van der Waals surface area contributed by atoms with Gasteiger partial charge in [0.05, 0.1) is 23.4 Å². The van der Waals surface area contributed by atoms with Gasteiger partial charge >= 0.3 is 5.63 Å². The van der Waals surface area contributed by atoms with Gasteiger partial charge in [-0.3, -0.25) is 0 Å². The predicted molar refractivity (Wildman–Crippen MR) is 122 cm³/mol. The van der Waals surface area contributed by atoms with Crippen LogP contribution in [0.4, 0.5) is 0 Å². The molecule has 0 atom stereocenters. The van der Waals surface area contributed by atoms with E-state index < -0.39 is 5.63 Å². The lowest BCUT2D eigenvalue weighted by molar-refractivity contribution is 0.339. The van der Waals surface area contributed by atoms with E-state index in [1.165, 1.54) is 11.3 Å². The molecule has 0 fully saturated rings. The number of para-hydroxylation sites is 1. The van der Waals surface area contributed by atoms with E-state index >= 15 is 0 Å². The molecular formula is C23H15BrN2O3S. The molecule has 4 rings (SSSR count). The number of nitrogens with zero attached hydrogens (tertiary/aromatic N) is 2. The standard InChI is InChI=1S/C23H15BrN2O3S/c1-2-28-20-6-4-3-5-14(20)9-16(12-25)22-26-19(13-30-22)18-11-15-10-17(24)7-8-21(15)29-23(18)27/h3-11,13H,2H2,1H3/b16-9+. The van der Waals surface area contributed by atoms with Crippen LogP contribution in [0.3, 0.4) is 0 Å². The molecule has 4 aromatic rings. The van der Waals surface area contributed by atoms with Crippen LogP contribution in [0, 0.1) is 11.3 Å². The molecule has 0 bridgehead atoms. The maximum atomic E-state index is 12.5. The third-order valence-electron chi connectivity index (χ3n) is 4.34. The molecule has 2 heterocycles. The van der Waals surface area contributed by atoms with Crippen molar-refractivity contribution in [1.82, 2.24) is 4.98 Å². The summed E-state index contributed by atoms with van der Waals surface area (Å²) < 4.78 is 11.9. The Hall–Kier alpha value is -3.21. The second kappa shape index (κ2) is 8.66. The first kappa shape index (κ1) is 20.1. The molecule has 0 unspecified atom stereocenters. The van der Waals surface area contributed by atoms with Crippen LogP contribution in [0.1, 0.15) is 17.5 Å². The van der Waals surface area contributed by atoms with Gasteiger partial charge in [-0.25, -0.2) is 9.78 Å². The highest BCUT2D eigenvalue weighted by Gasteiger charge is 2.14. The molecule has 5 nitrogen and oxygen atoms in total. The monoisotopic (exact) mass is 478 g/mol. The highest BCUT2D eigenvalue weighted by atomic mass is 79.9. The van der Waals surface area contributed by atoms with Crippen molar-refractivity contribution in [3.8, 4) is 23.1 Å². The number of aromatic nitrogens is 1. The number of hydrogen-bond acceptors (Lipinski definition) is 6. The van der Waals surface area contributed by atoms with Crippen molar-refractivity contribution in [2.45, 2.75) is 6.92 Å². The first-order chi connectivity index (χ1) is 14.6. The van der Waals surface area contributed by atoms with E-state index in [9.17, 15) is 10.1 Å². The summed E-state index contributed by atoms with van der Waals surface area (Å²) in [6, 6.07) is 16.9. The zero-order valence-electron chi connectivity index (χ0n) is 15.9. The summed E-state index contributed by atoms with van der Waals surface area (Å²) >= 11 is 4.73. The number of allylic oxidation sites excluding steroid dienone is 1. The summed E-state index contributed by atoms with van der Waals surface area (Å²) in [4.78, 5) is 17.0. The molecule has 30 heavy (non-hydrogen) atoms. The summed E-state index contributed by atoms with van der Waals surface area (Å²) in [5.41, 5.74) is 2.06. The van der Waals surface area contributed by atoms with Gasteiger partial charge < -0.3 is 9.15 Å². The Bertz CT molecular complexity index is 1360. The van der Waals surface area contributed by atoms with Gasteiger partial charge in [0.15, 0.2) is 0 Å². The molecule has 0 saturated carbocycles. The number of hydrogen-bond donors (Lipinski definition) is 0. The molecule has 7 heteroatoms. The van der Waals surface area contributed by atoms with Gasteiger partial charge in [0.2, 0.25) is 0 Å². The fourth-order valence-electron chi connectivity index (χ4n) is 2.98. The van der Waals surface area contributed by atoms with Crippen molar-refractivity contribution in [1.29, 1.82) is 5.26 Å². The van der Waals surface area contributed by atoms with E-state index in [0.29, 0.717) is 39.8 Å². The van der Waals surface area contributed by atoms with Crippen molar-refractivity contribution in [2.24, 2.45) is 0 Å². The van der Waals surface area contributed by atoms with Crippen molar-refractivity contribution in [3.05, 3.63) is 79.4 Å². The topological polar surface area (TPSA) is 76.1 Å². The average molecular weight is 479 g/mol. The lowest BCUT2D eigenvalue weighted by Crippen LogP contribution is -2.03. The molecular weight excluding hydrogens is 464 g/mol. The molecule has 0 amide bonds. The van der Waals surface area contributed by atoms with Crippen LogP contribution in [0.25, 0.3) is 33.9 Å². The van der Waals surface area contributed by atoms with Crippen LogP contribution in [0.15, 0.2) is 67.6 Å². The Labute approximate surface area is 185 Å². The molecule has 2 aromatic carbocycles. The minimum atomic E-state index is -0.467. The van der Waals surface area contributed by atoms with Crippen molar-refractivity contribution in [3.63, 3.8) is 0 Å². The van der Waals surface area contributed by atoms with Gasteiger partial charge in [-0.1, -0.05) is 34.1 Å². The Morgan fingerprint density at radius 1 is 1.30 bits per heavy atom. The van der Waals surface area contributed by atoms with E-state index in [1.807, 2.05) is 43.3 Å². The number of benzene rings is 2. The van der Waals surface area contributed by atoms with E-state index in [0.717, 1.165) is 15.4 Å². The van der Waals surface area contributed by atoms with E-state index in [2.05, 4.69) is 27.0 Å². The van der Waals surface area contributed by atoms with Crippen molar-refractivity contribution >= 4 is 49.9 Å². The first-order valence-electron chi connectivity index (χ1n) is 9.12. The summed E-state index contributed by atoms with van der Waals surface area (Å²) in [6.45, 7) is 2.44. The quantitative estimate of drug-likeness (QED) is 0.254. The Balaban J connectivity index is 1.75. The maximum Gasteiger partial charge on any atom is 0.345 e. The lowest BCUT2D eigenvalue weighted by Gasteiger charge is -2.06. The van der Waals surface area contributed by atoms with E-state index in [1.54, 1.807) is 23.6 Å². The number of rotatable bonds is 5. The molecule has 0 aliphatic rings. The van der Waals surface area contributed by atoms with Crippen LogP contribution in [0.5, 0.6) is 5.75 Å². The number of fused-ring (bicyclic) bond motifs is 1. The van der Waals surface area contributed by atoms with Crippen LogP contribution in [-0.4, -0.2) is 11.6 Å². The van der Waals surface area contributed by atoms with Gasteiger partial charge in [0.1, 0.15) is 22.4 Å². The van der Waals surface area contributed by atoms with Crippen LogP contribution in [-0.2, 0) is 0 Å². The third-order valence-corrected chi connectivity index (χ3v) is 5.71. The highest BCUT2D eigenvalue weighted by molar-refractivity contribution is 9.10. The van der Waals surface area contributed by atoms with Gasteiger partial charge in [-0.05, 0) is 43.3 Å². The SMILES string of the molecule is CCOc1ccccc1/C=C(\C#N)c1nc(-c2cc3cc(Br)ccc3oc2=O)cs1. The molecule has 0 radical (unpaired) electrons. The summed E-state index contributed by atoms with van der Waals surface area (Å²) in [5, 5.41) is 12.8. The Morgan fingerprint density at radius 2 is 2.13 bits per heavy atom. The second-order valence-corrected chi connectivity index (χ2v) is 8.08. The molecule has 0 N–H and O–H groups in total. The number of nitriles is 1. The zero-order chi connectivity index (χ0) is 21.1. The molecule has 0 spiro atoms. The summed E-state index contributed by atoms with van der Waals surface area (Å²) in [5.74, 6) is 0.699. The molecule has 0 aliphatic carbocycles. The van der Waals surface area contributed by atoms with Gasteiger partial charge in [-0.2, -0.15) is 5.26 Å². The van der Waals surface area contributed by atoms with Crippen molar-refractivity contribution < 1.29 is 9.15 Å². The molecule has 0 aliphatic heterocycles. The second-order valence-electron chi connectivity index (χ2n) is 6.31. The fourth-order valence-corrected chi connectivity index (χ4v) is 4.14. The highest BCUT2D eigenvalue weighted by Crippen LogP contribution is 2.30. The fraction of sp³-hybridized carbons (Fsp3) is 0.0870. The van der Waals surface area contributed by atoms with E-state index in [4.69, 9.17) is 9.15 Å². The predicted octanol–water partition coefficient (Wildman–Crippen LogP) is 6.14. The number of ether oxygens (including phenoxy) is 1. The number of thiazole rings is 1. The number of halogens is 1. The zero-order valence-corrected chi connectivity index (χ0v) is 18.3. The molecule has 0 saturated heterocycles. The third kappa shape index (κ3) is 4.06. The van der Waals surface area contributed by atoms with Gasteiger partial charge in [0, 0.05) is 20.8 Å². The molecule has 148 valence electrons. The largest absolute Gasteiger partial charge is 0.493 e. The molecule has 2 aromatic heterocycles. The Kier molecular flexibility index (Phi) is 5.79. The van der Waals surface area contributed by atoms with Crippen LogP contribution in [0.2, 0.25) is 0 Å². The maximum absolute atomic E-state index is 12.5. The van der Waals surface area contributed by atoms with Crippen LogP contribution >= 0.6 is 27.3 Å². The average Bonchev–Trinajstić information content (AvgIpc) is 3.23. The van der Waals surface area contributed by atoms with Crippen molar-refractivity contribution in [2.75, 3.05) is 6.61 Å². The van der Waals surface area contributed by atoms with E-state index in [-0.39, 0.29) is 0 Å². The minimum absolute atomic E-state index is 0.357. The Morgan fingerprint density at radius 3 is 2.93 bits per heavy atom. The summed E-state index contributed by atoms with van der Waals surface area (Å²) in [7, 11) is 0. The smallest absolute Gasteiger partial charge is 0.345 e. The minimum Gasteiger partial charge on any atom is -0.493 e. The first-order valence-corrected chi connectivity index (χ1v) is 10.8. The van der Waals surface area contributed by atoms with Crippen LogP contribution < -0.4 is 10.4 Å². The lowest BCUT2D eigenvalue weighted by atomic mass is 10.1. The van der Waals surface area contributed by atoms with Gasteiger partial charge in [0.25, 0.3) is 0 Å².